The van der Waals surface area contributed by atoms with Crippen molar-refractivity contribution in [1.82, 2.24) is 10.2 Å². The third-order valence-corrected chi connectivity index (χ3v) is 5.35. The lowest BCUT2D eigenvalue weighted by Crippen LogP contribution is -2.44. The molecule has 2 nitrogen and oxygen atoms in total. The molecule has 0 aromatic carbocycles. The van der Waals surface area contributed by atoms with Gasteiger partial charge >= 0.3 is 0 Å². The molecule has 1 aromatic heterocycles. The first-order valence-electron chi connectivity index (χ1n) is 7.12. The van der Waals surface area contributed by atoms with E-state index >= 15 is 0 Å². The predicted octanol–water partition coefficient (Wildman–Crippen LogP) is 3.14. The van der Waals surface area contributed by atoms with E-state index in [-0.39, 0.29) is 0 Å². The maximum Gasteiger partial charge on any atom is 0.0115 e. The van der Waals surface area contributed by atoms with Gasteiger partial charge in [-0.3, -0.25) is 0 Å². The second-order valence-electron chi connectivity index (χ2n) is 5.59. The Morgan fingerprint density at radius 1 is 1.39 bits per heavy atom. The number of rotatable bonds is 5. The van der Waals surface area contributed by atoms with Gasteiger partial charge in [0.25, 0.3) is 0 Å². The number of thiophene rings is 1. The van der Waals surface area contributed by atoms with Gasteiger partial charge in [-0.05, 0) is 64.6 Å². The number of nitrogens with one attached hydrogen (secondary N) is 1. The van der Waals surface area contributed by atoms with Gasteiger partial charge in [-0.25, -0.2) is 0 Å². The smallest absolute Gasteiger partial charge is 0.0115 e. The van der Waals surface area contributed by atoms with Crippen molar-refractivity contribution in [2.45, 2.75) is 57.2 Å². The molecule has 1 heterocycles. The van der Waals surface area contributed by atoms with Crippen LogP contribution in [0.25, 0.3) is 0 Å². The maximum absolute atomic E-state index is 3.41. The molecule has 1 unspecified atom stereocenters. The molecule has 3 heteroatoms. The van der Waals surface area contributed by atoms with Gasteiger partial charge in [-0.15, -0.1) is 11.3 Å². The highest BCUT2D eigenvalue weighted by molar-refractivity contribution is 7.09. The van der Waals surface area contributed by atoms with Crippen molar-refractivity contribution in [3.8, 4) is 0 Å². The average molecular weight is 266 g/mol. The summed E-state index contributed by atoms with van der Waals surface area (Å²) in [7, 11) is 4.40. The fourth-order valence-corrected chi connectivity index (χ4v) is 3.82. The molecule has 2 rings (SSSR count). The molecule has 0 aliphatic heterocycles. The average Bonchev–Trinajstić information content (AvgIpc) is 2.91. The molecule has 0 amide bonds. The minimum Gasteiger partial charge on any atom is -0.317 e. The van der Waals surface area contributed by atoms with Crippen LogP contribution in [-0.2, 0) is 6.42 Å². The largest absolute Gasteiger partial charge is 0.317 e. The molecule has 18 heavy (non-hydrogen) atoms. The summed E-state index contributed by atoms with van der Waals surface area (Å²) < 4.78 is 0. The Labute approximate surface area is 115 Å². The fraction of sp³-hybridized carbons (Fsp3) is 0.733. The number of hydrogen-bond acceptors (Lipinski definition) is 3. The first-order chi connectivity index (χ1) is 8.70. The zero-order valence-corrected chi connectivity index (χ0v) is 12.7. The van der Waals surface area contributed by atoms with Gasteiger partial charge in [0.05, 0.1) is 0 Å². The molecule has 1 fully saturated rings. The molecular formula is C15H26N2S. The monoisotopic (exact) mass is 266 g/mol. The highest BCUT2D eigenvalue weighted by atomic mass is 32.1. The summed E-state index contributed by atoms with van der Waals surface area (Å²) in [6, 6.07) is 6.60. The second kappa shape index (κ2) is 6.69. The predicted molar refractivity (Wildman–Crippen MR) is 80.4 cm³/mol. The Hall–Kier alpha value is -0.380. The Kier molecular flexibility index (Phi) is 5.22. The second-order valence-corrected chi connectivity index (χ2v) is 6.62. The van der Waals surface area contributed by atoms with E-state index in [1.165, 1.54) is 37.0 Å². The van der Waals surface area contributed by atoms with Crippen LogP contribution < -0.4 is 5.32 Å². The van der Waals surface area contributed by atoms with E-state index in [1.54, 1.807) is 0 Å². The van der Waals surface area contributed by atoms with Gasteiger partial charge in [0, 0.05) is 23.0 Å². The summed E-state index contributed by atoms with van der Waals surface area (Å²) in [6.45, 7) is 2.36. The lowest BCUT2D eigenvalue weighted by molar-refractivity contribution is 0.136. The summed E-state index contributed by atoms with van der Waals surface area (Å²) in [5.41, 5.74) is 0. The third kappa shape index (κ3) is 3.56. The van der Waals surface area contributed by atoms with Gasteiger partial charge < -0.3 is 10.2 Å². The Balaban J connectivity index is 1.81. The topological polar surface area (TPSA) is 15.3 Å². The van der Waals surface area contributed by atoms with Crippen LogP contribution in [0.4, 0.5) is 0 Å². The van der Waals surface area contributed by atoms with Crippen molar-refractivity contribution in [3.63, 3.8) is 0 Å². The Morgan fingerprint density at radius 3 is 2.67 bits per heavy atom. The molecule has 1 atom stereocenters. The maximum atomic E-state index is 3.41. The van der Waals surface area contributed by atoms with Crippen LogP contribution in [0.5, 0.6) is 0 Å². The highest BCUT2D eigenvalue weighted by Crippen LogP contribution is 2.24. The minimum absolute atomic E-state index is 0.653. The Morgan fingerprint density at radius 2 is 2.11 bits per heavy atom. The zero-order valence-electron chi connectivity index (χ0n) is 11.9. The van der Waals surface area contributed by atoms with Crippen LogP contribution >= 0.6 is 11.3 Å². The third-order valence-electron chi connectivity index (χ3n) is 4.45. The molecule has 0 spiro atoms. The summed E-state index contributed by atoms with van der Waals surface area (Å²) >= 11 is 1.88. The molecule has 0 saturated heterocycles. The molecule has 102 valence electrons. The van der Waals surface area contributed by atoms with Gasteiger partial charge in [-0.2, -0.15) is 0 Å². The van der Waals surface area contributed by atoms with Gasteiger partial charge in [0.2, 0.25) is 0 Å². The molecule has 0 bridgehead atoms. The van der Waals surface area contributed by atoms with Crippen LogP contribution in [0.3, 0.4) is 0 Å². The molecule has 1 saturated carbocycles. The van der Waals surface area contributed by atoms with Crippen LogP contribution in [0.1, 0.15) is 37.5 Å². The standard InChI is InChI=1S/C15H26N2S/c1-12(11-15-5-4-10-18-15)17(3)14-8-6-13(16-2)7-9-14/h4-5,10,12-14,16H,6-9,11H2,1-3H3. The number of likely N-dealkylation sites (N-methyl/N-ethyl adjacent to an activating group) is 1. The number of nitrogens with zero attached hydrogens (tertiary/aromatic N) is 1. The van der Waals surface area contributed by atoms with Gasteiger partial charge in [0.15, 0.2) is 0 Å². The minimum atomic E-state index is 0.653. The summed E-state index contributed by atoms with van der Waals surface area (Å²) in [4.78, 5) is 4.12. The van der Waals surface area contributed by atoms with E-state index in [4.69, 9.17) is 0 Å². The Bertz CT molecular complexity index is 328. The lowest BCUT2D eigenvalue weighted by Gasteiger charge is -2.37. The van der Waals surface area contributed by atoms with Crippen LogP contribution in [0.15, 0.2) is 17.5 Å². The van der Waals surface area contributed by atoms with Crippen LogP contribution in [-0.4, -0.2) is 37.1 Å². The molecule has 1 aromatic rings. The summed E-state index contributed by atoms with van der Waals surface area (Å²) in [6.07, 6.45) is 6.54. The quantitative estimate of drug-likeness (QED) is 0.881. The molecular weight excluding hydrogens is 240 g/mol. The lowest BCUT2D eigenvalue weighted by atomic mass is 9.89. The van der Waals surface area contributed by atoms with Crippen molar-refractivity contribution < 1.29 is 0 Å². The first-order valence-corrected chi connectivity index (χ1v) is 8.00. The van der Waals surface area contributed by atoms with E-state index in [1.807, 2.05) is 11.3 Å². The van der Waals surface area contributed by atoms with E-state index in [9.17, 15) is 0 Å². The molecule has 1 aliphatic rings. The van der Waals surface area contributed by atoms with E-state index < -0.39 is 0 Å². The van der Waals surface area contributed by atoms with Crippen molar-refractivity contribution in [1.29, 1.82) is 0 Å². The first kappa shape index (κ1) is 14.0. The van der Waals surface area contributed by atoms with Crippen molar-refractivity contribution >= 4 is 11.3 Å². The normalized spacial score (nSPS) is 26.4. The van der Waals surface area contributed by atoms with Crippen molar-refractivity contribution in [2.75, 3.05) is 14.1 Å². The number of hydrogen-bond donors (Lipinski definition) is 1. The van der Waals surface area contributed by atoms with Crippen molar-refractivity contribution in [3.05, 3.63) is 22.4 Å². The SMILES string of the molecule is CNC1CCC(N(C)C(C)Cc2cccs2)CC1. The van der Waals surface area contributed by atoms with Crippen molar-refractivity contribution in [2.24, 2.45) is 0 Å². The molecule has 0 radical (unpaired) electrons. The van der Waals surface area contributed by atoms with E-state index in [0.29, 0.717) is 6.04 Å². The highest BCUT2D eigenvalue weighted by Gasteiger charge is 2.25. The zero-order chi connectivity index (χ0) is 13.0. The van der Waals surface area contributed by atoms with Gasteiger partial charge in [0.1, 0.15) is 0 Å². The van der Waals surface area contributed by atoms with Gasteiger partial charge in [-0.1, -0.05) is 6.07 Å². The summed E-state index contributed by atoms with van der Waals surface area (Å²) in [5.74, 6) is 0. The summed E-state index contributed by atoms with van der Waals surface area (Å²) in [5, 5.41) is 5.59. The molecule has 1 N–H and O–H groups in total. The van der Waals surface area contributed by atoms with Crippen LogP contribution in [0, 0.1) is 0 Å². The van der Waals surface area contributed by atoms with E-state index in [2.05, 4.69) is 48.7 Å². The fourth-order valence-electron chi connectivity index (χ4n) is 3.00. The van der Waals surface area contributed by atoms with E-state index in [0.717, 1.165) is 12.1 Å². The van der Waals surface area contributed by atoms with Crippen LogP contribution in [0.2, 0.25) is 0 Å². The molecule has 1 aliphatic carbocycles.